The summed E-state index contributed by atoms with van der Waals surface area (Å²) in [5, 5.41) is 0. The Morgan fingerprint density at radius 2 is 2.15 bits per heavy atom. The number of hydrogen-bond acceptors (Lipinski definition) is 2. The fourth-order valence-electron chi connectivity index (χ4n) is 1.85. The number of likely N-dealkylation sites (tertiary alicyclic amines) is 1. The SMILES string of the molecule is CCCC(=O)N1CCC[C@@H]1C(C)=O. The van der Waals surface area contributed by atoms with Gasteiger partial charge in [-0.2, -0.15) is 0 Å². The quantitative estimate of drug-likeness (QED) is 0.662. The molecule has 13 heavy (non-hydrogen) atoms. The van der Waals surface area contributed by atoms with E-state index in [4.69, 9.17) is 0 Å². The molecule has 0 spiro atoms. The molecule has 0 aromatic rings. The monoisotopic (exact) mass is 183 g/mol. The third-order valence-corrected chi connectivity index (χ3v) is 2.51. The van der Waals surface area contributed by atoms with Gasteiger partial charge in [0.2, 0.25) is 5.91 Å². The molecule has 1 saturated heterocycles. The zero-order valence-electron chi connectivity index (χ0n) is 8.38. The molecule has 1 rings (SSSR count). The second kappa shape index (κ2) is 4.40. The number of Topliss-reactive ketones (excluding diaryl/α,β-unsaturated/α-hetero) is 1. The standard InChI is InChI=1S/C10H17NO2/c1-3-5-10(13)11-7-4-6-9(11)8(2)12/h9H,3-7H2,1-2H3/t9-/m1/s1. The van der Waals surface area contributed by atoms with E-state index in [1.54, 1.807) is 11.8 Å². The molecule has 0 aromatic heterocycles. The molecule has 3 heteroatoms. The fraction of sp³-hybridized carbons (Fsp3) is 0.800. The molecule has 1 aliphatic heterocycles. The predicted octanol–water partition coefficient (Wildman–Crippen LogP) is 1.37. The predicted molar refractivity (Wildman–Crippen MR) is 50.3 cm³/mol. The number of ketones is 1. The van der Waals surface area contributed by atoms with Crippen LogP contribution in [0.4, 0.5) is 0 Å². The smallest absolute Gasteiger partial charge is 0.223 e. The van der Waals surface area contributed by atoms with E-state index in [-0.39, 0.29) is 17.7 Å². The molecule has 0 unspecified atom stereocenters. The first-order valence-corrected chi connectivity index (χ1v) is 4.96. The first kappa shape index (κ1) is 10.2. The molecule has 1 heterocycles. The maximum atomic E-state index is 11.5. The molecule has 0 bridgehead atoms. The van der Waals surface area contributed by atoms with Crippen LogP contribution in [0.3, 0.4) is 0 Å². The summed E-state index contributed by atoms with van der Waals surface area (Å²) in [7, 11) is 0. The topological polar surface area (TPSA) is 37.4 Å². The second-order valence-corrected chi connectivity index (χ2v) is 3.61. The van der Waals surface area contributed by atoms with Crippen LogP contribution in [-0.2, 0) is 9.59 Å². The molecule has 1 amide bonds. The van der Waals surface area contributed by atoms with Crippen LogP contribution in [0.5, 0.6) is 0 Å². The first-order chi connectivity index (χ1) is 6.16. The molecule has 0 N–H and O–H groups in total. The highest BCUT2D eigenvalue weighted by Crippen LogP contribution is 2.19. The normalized spacial score (nSPS) is 22.0. The van der Waals surface area contributed by atoms with Crippen LogP contribution < -0.4 is 0 Å². The Kier molecular flexibility index (Phi) is 3.46. The van der Waals surface area contributed by atoms with E-state index in [9.17, 15) is 9.59 Å². The van der Waals surface area contributed by atoms with Crippen molar-refractivity contribution in [2.45, 2.75) is 45.6 Å². The van der Waals surface area contributed by atoms with Gasteiger partial charge in [-0.25, -0.2) is 0 Å². The molecule has 0 aromatic carbocycles. The Labute approximate surface area is 79.1 Å². The molecule has 1 atom stereocenters. The number of carbonyl (C=O) groups excluding carboxylic acids is 2. The van der Waals surface area contributed by atoms with E-state index in [1.165, 1.54) is 0 Å². The van der Waals surface area contributed by atoms with Crippen molar-refractivity contribution in [2.75, 3.05) is 6.54 Å². The zero-order valence-corrected chi connectivity index (χ0v) is 8.38. The van der Waals surface area contributed by atoms with Gasteiger partial charge in [-0.15, -0.1) is 0 Å². The summed E-state index contributed by atoms with van der Waals surface area (Å²) in [6, 6.07) is -0.126. The summed E-state index contributed by atoms with van der Waals surface area (Å²) in [6.07, 6.45) is 3.26. The van der Waals surface area contributed by atoms with Crippen molar-refractivity contribution >= 4 is 11.7 Å². The Morgan fingerprint density at radius 3 is 2.69 bits per heavy atom. The average molecular weight is 183 g/mol. The van der Waals surface area contributed by atoms with Crippen LogP contribution >= 0.6 is 0 Å². The van der Waals surface area contributed by atoms with Gasteiger partial charge in [-0.1, -0.05) is 6.92 Å². The lowest BCUT2D eigenvalue weighted by Gasteiger charge is -2.22. The van der Waals surface area contributed by atoms with Gasteiger partial charge in [-0.05, 0) is 26.2 Å². The number of amides is 1. The molecular weight excluding hydrogens is 166 g/mol. The maximum absolute atomic E-state index is 11.5. The molecule has 1 fully saturated rings. The maximum Gasteiger partial charge on any atom is 0.223 e. The highest BCUT2D eigenvalue weighted by atomic mass is 16.2. The van der Waals surface area contributed by atoms with Crippen molar-refractivity contribution in [3.05, 3.63) is 0 Å². The van der Waals surface area contributed by atoms with Gasteiger partial charge < -0.3 is 4.90 Å². The third-order valence-electron chi connectivity index (χ3n) is 2.51. The Morgan fingerprint density at radius 1 is 1.46 bits per heavy atom. The number of hydrogen-bond donors (Lipinski definition) is 0. The lowest BCUT2D eigenvalue weighted by atomic mass is 10.1. The largest absolute Gasteiger partial charge is 0.333 e. The van der Waals surface area contributed by atoms with E-state index >= 15 is 0 Å². The van der Waals surface area contributed by atoms with Crippen molar-refractivity contribution in [2.24, 2.45) is 0 Å². The van der Waals surface area contributed by atoms with Crippen LogP contribution in [0.15, 0.2) is 0 Å². The highest BCUT2D eigenvalue weighted by Gasteiger charge is 2.30. The van der Waals surface area contributed by atoms with Crippen molar-refractivity contribution in [1.29, 1.82) is 0 Å². The molecule has 3 nitrogen and oxygen atoms in total. The van der Waals surface area contributed by atoms with Crippen molar-refractivity contribution in [1.82, 2.24) is 4.90 Å². The van der Waals surface area contributed by atoms with Gasteiger partial charge in [0, 0.05) is 13.0 Å². The molecule has 1 aliphatic rings. The van der Waals surface area contributed by atoms with Crippen LogP contribution in [0, 0.1) is 0 Å². The second-order valence-electron chi connectivity index (χ2n) is 3.61. The first-order valence-electron chi connectivity index (χ1n) is 4.96. The van der Waals surface area contributed by atoms with Crippen LogP contribution in [0.2, 0.25) is 0 Å². The lowest BCUT2D eigenvalue weighted by molar-refractivity contribution is -0.136. The van der Waals surface area contributed by atoms with Crippen LogP contribution in [0.25, 0.3) is 0 Å². The molecule has 0 aliphatic carbocycles. The van der Waals surface area contributed by atoms with Crippen LogP contribution in [0.1, 0.15) is 39.5 Å². The summed E-state index contributed by atoms with van der Waals surface area (Å²) in [5.74, 6) is 0.266. The molecule has 74 valence electrons. The average Bonchev–Trinajstić information content (AvgIpc) is 2.52. The van der Waals surface area contributed by atoms with Crippen molar-refractivity contribution < 1.29 is 9.59 Å². The van der Waals surface area contributed by atoms with Gasteiger partial charge in [-0.3, -0.25) is 9.59 Å². The summed E-state index contributed by atoms with van der Waals surface area (Å²) < 4.78 is 0. The van der Waals surface area contributed by atoms with Gasteiger partial charge >= 0.3 is 0 Å². The third kappa shape index (κ3) is 2.29. The Balaban J connectivity index is 2.57. The molecular formula is C10H17NO2. The zero-order chi connectivity index (χ0) is 9.84. The van der Waals surface area contributed by atoms with E-state index < -0.39 is 0 Å². The van der Waals surface area contributed by atoms with Gasteiger partial charge in [0.05, 0.1) is 6.04 Å². The lowest BCUT2D eigenvalue weighted by Crippen LogP contribution is -2.39. The van der Waals surface area contributed by atoms with E-state index in [1.807, 2.05) is 6.92 Å². The van der Waals surface area contributed by atoms with Gasteiger partial charge in [0.15, 0.2) is 5.78 Å². The van der Waals surface area contributed by atoms with Gasteiger partial charge in [0.1, 0.15) is 0 Å². The number of rotatable bonds is 3. The number of carbonyl (C=O) groups is 2. The fourth-order valence-corrected chi connectivity index (χ4v) is 1.85. The highest BCUT2D eigenvalue weighted by molar-refractivity contribution is 5.88. The molecule has 0 radical (unpaired) electrons. The minimum absolute atomic E-state index is 0.126. The summed E-state index contributed by atoms with van der Waals surface area (Å²) in [5.41, 5.74) is 0. The minimum atomic E-state index is -0.126. The summed E-state index contributed by atoms with van der Waals surface area (Å²) in [6.45, 7) is 4.32. The summed E-state index contributed by atoms with van der Waals surface area (Å²) in [4.78, 5) is 24.4. The van der Waals surface area contributed by atoms with Crippen molar-refractivity contribution in [3.63, 3.8) is 0 Å². The number of nitrogens with zero attached hydrogens (tertiary/aromatic N) is 1. The van der Waals surface area contributed by atoms with Crippen LogP contribution in [-0.4, -0.2) is 29.2 Å². The van der Waals surface area contributed by atoms with Gasteiger partial charge in [0.25, 0.3) is 0 Å². The van der Waals surface area contributed by atoms with Crippen molar-refractivity contribution in [3.8, 4) is 0 Å². The van der Waals surface area contributed by atoms with E-state index in [0.29, 0.717) is 6.42 Å². The Bertz CT molecular complexity index is 213. The molecule has 0 saturated carbocycles. The Hall–Kier alpha value is -0.860. The van der Waals surface area contributed by atoms with E-state index in [0.717, 1.165) is 25.8 Å². The summed E-state index contributed by atoms with van der Waals surface area (Å²) >= 11 is 0. The van der Waals surface area contributed by atoms with E-state index in [2.05, 4.69) is 0 Å². The minimum Gasteiger partial charge on any atom is -0.333 e.